The fourth-order valence-electron chi connectivity index (χ4n) is 0.997. The first-order valence-corrected chi connectivity index (χ1v) is 4.07. The summed E-state index contributed by atoms with van der Waals surface area (Å²) in [5.41, 5.74) is 0.456. The Hall–Kier alpha value is -1.16. The van der Waals surface area contributed by atoms with E-state index in [4.69, 9.17) is 9.47 Å². The lowest BCUT2D eigenvalue weighted by Gasteiger charge is -2.08. The van der Waals surface area contributed by atoms with Crippen molar-refractivity contribution in [1.29, 1.82) is 0 Å². The molecule has 13 heavy (non-hydrogen) atoms. The highest BCUT2D eigenvalue weighted by Crippen LogP contribution is 2.29. The highest BCUT2D eigenvalue weighted by Gasteiger charge is 2.07. The van der Waals surface area contributed by atoms with Crippen molar-refractivity contribution in [2.75, 3.05) is 14.2 Å². The molecule has 70 valence electrons. The van der Waals surface area contributed by atoms with E-state index < -0.39 is 0 Å². The molecule has 0 fully saturated rings. The van der Waals surface area contributed by atoms with Crippen molar-refractivity contribution in [2.45, 2.75) is 4.90 Å². The summed E-state index contributed by atoms with van der Waals surface area (Å²) in [5, 5.41) is 0. The summed E-state index contributed by atoms with van der Waals surface area (Å²) in [4.78, 5) is 11.2. The molecule has 0 saturated heterocycles. The van der Waals surface area contributed by atoms with Crippen LogP contribution >= 0.6 is 12.6 Å². The summed E-state index contributed by atoms with van der Waals surface area (Å²) in [7, 11) is 3.03. The van der Waals surface area contributed by atoms with Crippen LogP contribution in [0.25, 0.3) is 0 Å². The van der Waals surface area contributed by atoms with Crippen LogP contribution in [0.3, 0.4) is 0 Å². The van der Waals surface area contributed by atoms with Gasteiger partial charge < -0.3 is 9.47 Å². The van der Waals surface area contributed by atoms with Crippen molar-refractivity contribution in [1.82, 2.24) is 0 Å². The molecule has 0 heterocycles. The molecule has 0 aliphatic rings. The molecule has 0 radical (unpaired) electrons. The predicted octanol–water partition coefficient (Wildman–Crippen LogP) is 1.81. The van der Waals surface area contributed by atoms with Gasteiger partial charge in [-0.2, -0.15) is 0 Å². The van der Waals surface area contributed by atoms with E-state index in [-0.39, 0.29) is 0 Å². The molecule has 0 spiro atoms. The predicted molar refractivity (Wildman–Crippen MR) is 52.2 cm³/mol. The number of ether oxygens (including phenoxy) is 2. The van der Waals surface area contributed by atoms with Crippen LogP contribution in [0.2, 0.25) is 0 Å². The molecule has 3 nitrogen and oxygen atoms in total. The first-order valence-electron chi connectivity index (χ1n) is 3.63. The van der Waals surface area contributed by atoms with Gasteiger partial charge in [0.15, 0.2) is 6.29 Å². The second-order valence-corrected chi connectivity index (χ2v) is 2.87. The lowest BCUT2D eigenvalue weighted by Crippen LogP contribution is -1.93. The fraction of sp³-hybridized carbons (Fsp3) is 0.222. The largest absolute Gasteiger partial charge is 0.496 e. The minimum atomic E-state index is 0.456. The van der Waals surface area contributed by atoms with Crippen molar-refractivity contribution in [3.05, 3.63) is 17.7 Å². The number of hydrogen-bond donors (Lipinski definition) is 1. The smallest absolute Gasteiger partial charge is 0.153 e. The van der Waals surface area contributed by atoms with Crippen molar-refractivity contribution in [2.24, 2.45) is 0 Å². The van der Waals surface area contributed by atoms with Gasteiger partial charge in [0.1, 0.15) is 11.5 Å². The average molecular weight is 198 g/mol. The fourth-order valence-corrected chi connectivity index (χ4v) is 1.27. The van der Waals surface area contributed by atoms with Crippen LogP contribution < -0.4 is 9.47 Å². The van der Waals surface area contributed by atoms with Gasteiger partial charge in [0.25, 0.3) is 0 Å². The average Bonchev–Trinajstić information content (AvgIpc) is 2.17. The molecule has 0 amide bonds. The molecule has 0 unspecified atom stereocenters. The van der Waals surface area contributed by atoms with Gasteiger partial charge >= 0.3 is 0 Å². The van der Waals surface area contributed by atoms with Crippen LogP contribution in [0, 0.1) is 0 Å². The van der Waals surface area contributed by atoms with Crippen LogP contribution in [-0.2, 0) is 0 Å². The third-order valence-electron chi connectivity index (χ3n) is 1.66. The summed E-state index contributed by atoms with van der Waals surface area (Å²) in [6.45, 7) is 0. The highest BCUT2D eigenvalue weighted by molar-refractivity contribution is 7.80. The zero-order chi connectivity index (χ0) is 9.84. The SMILES string of the molecule is COc1cc(C=O)c(OC)cc1S. The van der Waals surface area contributed by atoms with Gasteiger partial charge in [-0.3, -0.25) is 4.79 Å². The van der Waals surface area contributed by atoms with Gasteiger partial charge in [-0.05, 0) is 12.1 Å². The van der Waals surface area contributed by atoms with Gasteiger partial charge in [0.05, 0.1) is 19.8 Å². The maximum absolute atomic E-state index is 10.6. The molecule has 1 aromatic rings. The molecule has 0 aromatic heterocycles. The summed E-state index contributed by atoms with van der Waals surface area (Å²) < 4.78 is 9.98. The van der Waals surface area contributed by atoms with Gasteiger partial charge in [-0.25, -0.2) is 0 Å². The zero-order valence-corrected chi connectivity index (χ0v) is 8.30. The maximum atomic E-state index is 10.6. The van der Waals surface area contributed by atoms with Crippen LogP contribution in [-0.4, -0.2) is 20.5 Å². The number of methoxy groups -OCH3 is 2. The van der Waals surface area contributed by atoms with E-state index in [9.17, 15) is 4.79 Å². The Morgan fingerprint density at radius 2 is 1.85 bits per heavy atom. The van der Waals surface area contributed by atoms with E-state index in [1.54, 1.807) is 12.1 Å². The molecule has 0 aliphatic carbocycles. The van der Waals surface area contributed by atoms with E-state index in [0.29, 0.717) is 28.2 Å². The summed E-state index contributed by atoms with van der Waals surface area (Å²) >= 11 is 4.17. The molecule has 1 rings (SSSR count). The lowest BCUT2D eigenvalue weighted by molar-refractivity contribution is 0.112. The van der Waals surface area contributed by atoms with Crippen molar-refractivity contribution in [3.8, 4) is 11.5 Å². The van der Waals surface area contributed by atoms with E-state index in [1.807, 2.05) is 0 Å². The molecule has 0 N–H and O–H groups in total. The molecular weight excluding hydrogens is 188 g/mol. The Bertz CT molecular complexity index is 323. The minimum Gasteiger partial charge on any atom is -0.496 e. The van der Waals surface area contributed by atoms with Gasteiger partial charge in [-0.15, -0.1) is 12.6 Å². The standard InChI is InChI=1S/C9H10O3S/c1-11-7-4-9(13)8(12-2)3-6(7)5-10/h3-5,13H,1-2H3. The molecule has 0 saturated carbocycles. The number of carbonyl (C=O) groups is 1. The molecular formula is C9H10O3S. The van der Waals surface area contributed by atoms with Crippen LogP contribution in [0.5, 0.6) is 11.5 Å². The Balaban J connectivity index is 3.26. The minimum absolute atomic E-state index is 0.456. The number of thiol groups is 1. The number of benzene rings is 1. The van der Waals surface area contributed by atoms with E-state index >= 15 is 0 Å². The quantitative estimate of drug-likeness (QED) is 0.594. The Kier molecular flexibility index (Phi) is 3.19. The first kappa shape index (κ1) is 9.92. The molecule has 0 aliphatic heterocycles. The van der Waals surface area contributed by atoms with Gasteiger partial charge in [-0.1, -0.05) is 0 Å². The summed E-state index contributed by atoms with van der Waals surface area (Å²) in [5.74, 6) is 1.06. The second-order valence-electron chi connectivity index (χ2n) is 2.38. The van der Waals surface area contributed by atoms with Gasteiger partial charge in [0.2, 0.25) is 0 Å². The Labute approximate surface area is 82.1 Å². The second kappa shape index (κ2) is 4.18. The van der Waals surface area contributed by atoms with Crippen molar-refractivity contribution >= 4 is 18.9 Å². The zero-order valence-electron chi connectivity index (χ0n) is 7.40. The third-order valence-corrected chi connectivity index (χ3v) is 2.01. The number of hydrogen-bond acceptors (Lipinski definition) is 4. The normalized spacial score (nSPS) is 9.46. The molecule has 1 aromatic carbocycles. The van der Waals surface area contributed by atoms with E-state index in [0.717, 1.165) is 0 Å². The van der Waals surface area contributed by atoms with Crippen molar-refractivity contribution in [3.63, 3.8) is 0 Å². The summed E-state index contributed by atoms with van der Waals surface area (Å²) in [6.07, 6.45) is 0.717. The monoisotopic (exact) mass is 198 g/mol. The molecule has 4 heteroatoms. The molecule has 0 atom stereocenters. The Morgan fingerprint density at radius 3 is 2.31 bits per heavy atom. The highest BCUT2D eigenvalue weighted by atomic mass is 32.1. The van der Waals surface area contributed by atoms with E-state index in [2.05, 4.69) is 12.6 Å². The number of carbonyl (C=O) groups excluding carboxylic acids is 1. The van der Waals surface area contributed by atoms with Crippen LogP contribution in [0.1, 0.15) is 10.4 Å². The van der Waals surface area contributed by atoms with Crippen LogP contribution in [0.4, 0.5) is 0 Å². The molecule has 0 bridgehead atoms. The van der Waals surface area contributed by atoms with E-state index in [1.165, 1.54) is 14.2 Å². The summed E-state index contributed by atoms with van der Waals surface area (Å²) in [6, 6.07) is 3.24. The number of aldehydes is 1. The maximum Gasteiger partial charge on any atom is 0.153 e. The Morgan fingerprint density at radius 1 is 1.23 bits per heavy atom. The van der Waals surface area contributed by atoms with Crippen LogP contribution in [0.15, 0.2) is 17.0 Å². The third kappa shape index (κ3) is 1.95. The lowest BCUT2D eigenvalue weighted by atomic mass is 10.2. The van der Waals surface area contributed by atoms with Gasteiger partial charge in [0, 0.05) is 4.90 Å². The first-order chi connectivity index (χ1) is 6.22. The van der Waals surface area contributed by atoms with Crippen molar-refractivity contribution < 1.29 is 14.3 Å². The topological polar surface area (TPSA) is 35.5 Å². The number of rotatable bonds is 3.